The number of aromatic nitrogens is 2. The highest BCUT2D eigenvalue weighted by Crippen LogP contribution is 2.29. The molecule has 0 unspecified atom stereocenters. The number of fused-ring (bicyclic) bond motifs is 1. The van der Waals surface area contributed by atoms with Crippen molar-refractivity contribution in [1.82, 2.24) is 20.2 Å². The monoisotopic (exact) mass is 416 g/mol. The molecule has 29 heavy (non-hydrogen) atoms. The van der Waals surface area contributed by atoms with Crippen molar-refractivity contribution in [3.8, 4) is 0 Å². The van der Waals surface area contributed by atoms with Gasteiger partial charge in [-0.05, 0) is 19.0 Å². The number of thiazole rings is 1. The summed E-state index contributed by atoms with van der Waals surface area (Å²) in [6.07, 6.45) is 2.42. The number of hydrogen-bond donors (Lipinski definition) is 2. The van der Waals surface area contributed by atoms with Crippen LogP contribution in [0.2, 0.25) is 0 Å². The normalized spacial score (nSPS) is 17.0. The fourth-order valence-electron chi connectivity index (χ4n) is 3.39. The standard InChI is InChI=1S/C19H24N6O3S/c26-17-10-22-18-16(25(17)11-15-12-29-13-23-15)8-14(9-21-18)19(27)20-2-1-3-24-4-6-28-7-5-24/h8-9,12-13H,1-7,10-11H2,(H,20,27)(H,21,22). The van der Waals surface area contributed by atoms with E-state index in [4.69, 9.17) is 4.74 Å². The largest absolute Gasteiger partial charge is 0.379 e. The molecule has 154 valence electrons. The van der Waals surface area contributed by atoms with Crippen LogP contribution in [0.4, 0.5) is 11.5 Å². The van der Waals surface area contributed by atoms with Crippen LogP contribution in [0.25, 0.3) is 0 Å². The molecule has 2 aromatic heterocycles. The van der Waals surface area contributed by atoms with Crippen LogP contribution in [0, 0.1) is 0 Å². The van der Waals surface area contributed by atoms with Crippen LogP contribution in [0.15, 0.2) is 23.2 Å². The van der Waals surface area contributed by atoms with Crippen molar-refractivity contribution in [3.63, 3.8) is 0 Å². The predicted molar refractivity (Wildman–Crippen MR) is 110 cm³/mol. The minimum absolute atomic E-state index is 0.0737. The van der Waals surface area contributed by atoms with Gasteiger partial charge in [0.05, 0.1) is 48.8 Å². The lowest BCUT2D eigenvalue weighted by molar-refractivity contribution is -0.117. The van der Waals surface area contributed by atoms with Gasteiger partial charge in [-0.2, -0.15) is 0 Å². The minimum atomic E-state index is -0.186. The third kappa shape index (κ3) is 4.89. The SMILES string of the molecule is O=C(NCCCN1CCOCC1)c1cnc2c(c1)N(Cc1cscn1)C(=O)CN2. The Morgan fingerprint density at radius 2 is 2.17 bits per heavy atom. The van der Waals surface area contributed by atoms with Crippen LogP contribution >= 0.6 is 11.3 Å². The van der Waals surface area contributed by atoms with Crippen molar-refractivity contribution >= 4 is 34.7 Å². The average Bonchev–Trinajstić information content (AvgIpc) is 3.27. The zero-order valence-electron chi connectivity index (χ0n) is 16.1. The molecule has 2 aromatic rings. The van der Waals surface area contributed by atoms with Crippen LogP contribution in [-0.2, 0) is 16.1 Å². The summed E-state index contributed by atoms with van der Waals surface area (Å²) in [6.45, 7) is 5.51. The highest BCUT2D eigenvalue weighted by atomic mass is 32.1. The van der Waals surface area contributed by atoms with Crippen molar-refractivity contribution in [2.24, 2.45) is 0 Å². The number of ether oxygens (including phenoxy) is 1. The van der Waals surface area contributed by atoms with Crippen molar-refractivity contribution < 1.29 is 14.3 Å². The van der Waals surface area contributed by atoms with Gasteiger partial charge in [-0.15, -0.1) is 11.3 Å². The van der Waals surface area contributed by atoms with Crippen molar-refractivity contribution in [2.75, 3.05) is 56.2 Å². The van der Waals surface area contributed by atoms with E-state index in [-0.39, 0.29) is 18.4 Å². The molecule has 0 spiro atoms. The van der Waals surface area contributed by atoms with Crippen LogP contribution in [0.1, 0.15) is 22.5 Å². The summed E-state index contributed by atoms with van der Waals surface area (Å²) in [5.74, 6) is 0.341. The number of morpholine rings is 1. The van der Waals surface area contributed by atoms with E-state index in [9.17, 15) is 9.59 Å². The number of carbonyl (C=O) groups is 2. The Kier molecular flexibility index (Phi) is 6.33. The molecule has 0 radical (unpaired) electrons. The second-order valence-corrected chi connectivity index (χ2v) is 7.69. The number of hydrogen-bond acceptors (Lipinski definition) is 8. The van der Waals surface area contributed by atoms with Gasteiger partial charge in [0.25, 0.3) is 5.91 Å². The molecular weight excluding hydrogens is 392 g/mol. The van der Waals surface area contributed by atoms with Crippen LogP contribution < -0.4 is 15.5 Å². The molecule has 0 saturated carbocycles. The van der Waals surface area contributed by atoms with Gasteiger partial charge in [0.1, 0.15) is 0 Å². The van der Waals surface area contributed by atoms with Gasteiger partial charge in [0.15, 0.2) is 5.82 Å². The third-order valence-corrected chi connectivity index (χ3v) is 5.61. The van der Waals surface area contributed by atoms with Crippen molar-refractivity contribution in [1.29, 1.82) is 0 Å². The van der Waals surface area contributed by atoms with Gasteiger partial charge in [0.2, 0.25) is 5.91 Å². The molecule has 9 nitrogen and oxygen atoms in total. The summed E-state index contributed by atoms with van der Waals surface area (Å²) in [5, 5.41) is 7.86. The lowest BCUT2D eigenvalue weighted by atomic mass is 10.2. The van der Waals surface area contributed by atoms with E-state index in [0.29, 0.717) is 30.2 Å². The van der Waals surface area contributed by atoms with E-state index in [0.717, 1.165) is 45.0 Å². The molecule has 10 heteroatoms. The number of nitrogens with one attached hydrogen (secondary N) is 2. The van der Waals surface area contributed by atoms with Crippen molar-refractivity contribution in [2.45, 2.75) is 13.0 Å². The summed E-state index contributed by atoms with van der Waals surface area (Å²) in [4.78, 5) is 37.6. The van der Waals surface area contributed by atoms with Gasteiger partial charge < -0.3 is 20.3 Å². The number of rotatable bonds is 7. The molecule has 2 aliphatic rings. The Bertz CT molecular complexity index is 854. The molecule has 0 bridgehead atoms. The Balaban J connectivity index is 1.37. The van der Waals surface area contributed by atoms with E-state index in [1.165, 1.54) is 11.3 Å². The number of amides is 2. The van der Waals surface area contributed by atoms with Gasteiger partial charge in [0, 0.05) is 31.2 Å². The molecule has 4 heterocycles. The number of carbonyl (C=O) groups excluding carboxylic acids is 2. The van der Waals surface area contributed by atoms with E-state index < -0.39 is 0 Å². The third-order valence-electron chi connectivity index (χ3n) is 4.97. The Labute approximate surface area is 173 Å². The lowest BCUT2D eigenvalue weighted by Crippen LogP contribution is -2.40. The van der Waals surface area contributed by atoms with Crippen LogP contribution in [-0.4, -0.2) is 72.6 Å². The molecule has 4 rings (SSSR count). The summed E-state index contributed by atoms with van der Waals surface area (Å²) >= 11 is 1.49. The maximum Gasteiger partial charge on any atom is 0.252 e. The average molecular weight is 417 g/mol. The van der Waals surface area contributed by atoms with Gasteiger partial charge >= 0.3 is 0 Å². The maximum absolute atomic E-state index is 12.6. The second kappa shape index (κ2) is 9.29. The fourth-order valence-corrected chi connectivity index (χ4v) is 3.94. The first-order valence-electron chi connectivity index (χ1n) is 9.70. The molecule has 0 aliphatic carbocycles. The molecule has 2 aliphatic heterocycles. The zero-order chi connectivity index (χ0) is 20.1. The molecule has 1 saturated heterocycles. The highest BCUT2D eigenvalue weighted by molar-refractivity contribution is 7.07. The minimum Gasteiger partial charge on any atom is -0.379 e. The topological polar surface area (TPSA) is 99.7 Å². The number of anilines is 2. The molecule has 2 N–H and O–H groups in total. The van der Waals surface area contributed by atoms with Crippen LogP contribution in [0.5, 0.6) is 0 Å². The van der Waals surface area contributed by atoms with E-state index in [1.54, 1.807) is 22.7 Å². The summed E-state index contributed by atoms with van der Waals surface area (Å²) in [5.41, 5.74) is 3.60. The zero-order valence-corrected chi connectivity index (χ0v) is 16.9. The molecule has 1 fully saturated rings. The van der Waals surface area contributed by atoms with Crippen molar-refractivity contribution in [3.05, 3.63) is 34.4 Å². The first-order valence-corrected chi connectivity index (χ1v) is 10.6. The Morgan fingerprint density at radius 1 is 1.31 bits per heavy atom. The molecular formula is C19H24N6O3S. The van der Waals surface area contributed by atoms with Gasteiger partial charge in [-0.25, -0.2) is 9.97 Å². The number of nitrogens with zero attached hydrogens (tertiary/aromatic N) is 4. The quantitative estimate of drug-likeness (QED) is 0.648. The van der Waals surface area contributed by atoms with Gasteiger partial charge in [-0.3, -0.25) is 14.5 Å². The second-order valence-electron chi connectivity index (χ2n) is 6.97. The summed E-state index contributed by atoms with van der Waals surface area (Å²) in [6, 6.07) is 1.72. The van der Waals surface area contributed by atoms with Crippen LogP contribution in [0.3, 0.4) is 0 Å². The maximum atomic E-state index is 12.6. The van der Waals surface area contributed by atoms with E-state index in [1.807, 2.05) is 5.38 Å². The first kappa shape index (κ1) is 19.7. The first-order chi connectivity index (χ1) is 14.2. The molecule has 0 aromatic carbocycles. The van der Waals surface area contributed by atoms with Gasteiger partial charge in [-0.1, -0.05) is 0 Å². The predicted octanol–water partition coefficient (Wildman–Crippen LogP) is 0.949. The lowest BCUT2D eigenvalue weighted by Gasteiger charge is -2.29. The molecule has 2 amide bonds. The summed E-state index contributed by atoms with van der Waals surface area (Å²) < 4.78 is 5.34. The Hall–Kier alpha value is -2.56. The number of pyridine rings is 1. The van der Waals surface area contributed by atoms with E-state index in [2.05, 4.69) is 25.5 Å². The smallest absolute Gasteiger partial charge is 0.252 e. The highest BCUT2D eigenvalue weighted by Gasteiger charge is 2.26. The molecule has 0 atom stereocenters. The summed E-state index contributed by atoms with van der Waals surface area (Å²) in [7, 11) is 0. The Morgan fingerprint density at radius 3 is 2.97 bits per heavy atom. The fraction of sp³-hybridized carbons (Fsp3) is 0.474. The van der Waals surface area contributed by atoms with E-state index >= 15 is 0 Å².